The molecule has 0 bridgehead atoms. The van der Waals surface area contributed by atoms with Gasteiger partial charge in [0.15, 0.2) is 12.4 Å². The van der Waals surface area contributed by atoms with Gasteiger partial charge in [0.2, 0.25) is 10.0 Å². The van der Waals surface area contributed by atoms with Gasteiger partial charge in [-0.15, -0.1) is 11.8 Å². The van der Waals surface area contributed by atoms with Crippen molar-refractivity contribution in [1.82, 2.24) is 4.31 Å². The summed E-state index contributed by atoms with van der Waals surface area (Å²) in [6.07, 6.45) is 1.93. The Morgan fingerprint density at radius 1 is 1.06 bits per heavy atom. The van der Waals surface area contributed by atoms with Crippen molar-refractivity contribution in [1.29, 1.82) is 0 Å². The highest BCUT2D eigenvalue weighted by atomic mass is 32.2. The standard InChI is InChI=1S/C21H23NO7S2/c1-27-19-8-5-16(13-20(19)31(25,26)22-9-11-28-12-10-22)21(24)29-14-18(23)15-3-6-17(30-2)7-4-15/h3-8,13H,9-12,14H2,1-2H3. The topological polar surface area (TPSA) is 99.2 Å². The molecule has 1 fully saturated rings. The molecule has 8 nitrogen and oxygen atoms in total. The summed E-state index contributed by atoms with van der Waals surface area (Å²) in [5, 5.41) is 0. The number of hydrogen-bond donors (Lipinski definition) is 0. The second-order valence-electron chi connectivity index (χ2n) is 6.61. The predicted octanol–water partition coefficient (Wildman–Crippen LogP) is 2.48. The first kappa shape index (κ1) is 23.3. The van der Waals surface area contributed by atoms with Crippen molar-refractivity contribution in [3.8, 4) is 5.75 Å². The van der Waals surface area contributed by atoms with Gasteiger partial charge in [0.25, 0.3) is 0 Å². The van der Waals surface area contributed by atoms with Crippen LogP contribution >= 0.6 is 11.8 Å². The number of ketones is 1. The number of ether oxygens (including phenoxy) is 3. The zero-order valence-corrected chi connectivity index (χ0v) is 18.8. The third kappa shape index (κ3) is 5.45. The van der Waals surface area contributed by atoms with Gasteiger partial charge in [-0.3, -0.25) is 4.79 Å². The third-order valence-corrected chi connectivity index (χ3v) is 7.40. The largest absolute Gasteiger partial charge is 0.495 e. The van der Waals surface area contributed by atoms with Crippen molar-refractivity contribution < 1.29 is 32.2 Å². The summed E-state index contributed by atoms with van der Waals surface area (Å²) in [5.74, 6) is -1.03. The number of benzene rings is 2. The van der Waals surface area contributed by atoms with Gasteiger partial charge in [0.05, 0.1) is 25.9 Å². The zero-order chi connectivity index (χ0) is 22.4. The molecule has 0 N–H and O–H groups in total. The molecule has 10 heteroatoms. The van der Waals surface area contributed by atoms with E-state index in [1.165, 1.54) is 29.6 Å². The molecule has 166 valence electrons. The SMILES string of the molecule is COc1ccc(C(=O)OCC(=O)c2ccc(SC)cc2)cc1S(=O)(=O)N1CCOCC1. The molecule has 31 heavy (non-hydrogen) atoms. The molecule has 1 saturated heterocycles. The molecule has 2 aromatic carbocycles. The number of methoxy groups -OCH3 is 1. The summed E-state index contributed by atoms with van der Waals surface area (Å²) in [5.41, 5.74) is 0.439. The van der Waals surface area contributed by atoms with E-state index in [1.54, 1.807) is 23.9 Å². The fourth-order valence-corrected chi connectivity index (χ4v) is 5.00. The number of esters is 1. The van der Waals surface area contributed by atoms with Crippen LogP contribution in [0, 0.1) is 0 Å². The molecule has 1 aliphatic heterocycles. The number of morpholine rings is 1. The molecule has 1 aliphatic rings. The van der Waals surface area contributed by atoms with Crippen molar-refractivity contribution in [2.75, 3.05) is 46.3 Å². The quantitative estimate of drug-likeness (QED) is 0.333. The van der Waals surface area contributed by atoms with Crippen LogP contribution in [-0.2, 0) is 19.5 Å². The first-order valence-corrected chi connectivity index (χ1v) is 12.1. The molecule has 0 aromatic heterocycles. The first-order chi connectivity index (χ1) is 14.9. The van der Waals surface area contributed by atoms with Crippen LogP contribution in [0.2, 0.25) is 0 Å². The smallest absolute Gasteiger partial charge is 0.338 e. The number of nitrogens with zero attached hydrogens (tertiary/aromatic N) is 1. The van der Waals surface area contributed by atoms with Crippen LogP contribution < -0.4 is 4.74 Å². The van der Waals surface area contributed by atoms with Crippen LogP contribution in [-0.4, -0.2) is 70.8 Å². The highest BCUT2D eigenvalue weighted by Crippen LogP contribution is 2.28. The van der Waals surface area contributed by atoms with Gasteiger partial charge in [-0.05, 0) is 36.6 Å². The number of hydrogen-bond acceptors (Lipinski definition) is 8. The lowest BCUT2D eigenvalue weighted by Crippen LogP contribution is -2.40. The Hall–Kier alpha value is -2.40. The van der Waals surface area contributed by atoms with E-state index in [2.05, 4.69) is 0 Å². The Kier molecular flexibility index (Phi) is 7.71. The van der Waals surface area contributed by atoms with Crippen LogP contribution in [0.3, 0.4) is 0 Å². The van der Waals surface area contributed by atoms with Gasteiger partial charge in [-0.25, -0.2) is 13.2 Å². The van der Waals surface area contributed by atoms with Crippen molar-refractivity contribution in [2.24, 2.45) is 0 Å². The highest BCUT2D eigenvalue weighted by Gasteiger charge is 2.30. The predicted molar refractivity (Wildman–Crippen MR) is 115 cm³/mol. The minimum absolute atomic E-state index is 0.0122. The Balaban J connectivity index is 1.75. The number of Topliss-reactive ketones (excluding diaryl/α,β-unsaturated/α-hetero) is 1. The third-order valence-electron chi connectivity index (χ3n) is 4.73. The lowest BCUT2D eigenvalue weighted by molar-refractivity contribution is 0.0474. The molecule has 0 saturated carbocycles. The molecular formula is C21H23NO7S2. The van der Waals surface area contributed by atoms with Gasteiger partial charge in [0, 0.05) is 23.5 Å². The van der Waals surface area contributed by atoms with Crippen molar-refractivity contribution in [3.63, 3.8) is 0 Å². The molecule has 0 atom stereocenters. The van der Waals surface area contributed by atoms with Crippen molar-refractivity contribution >= 4 is 33.5 Å². The van der Waals surface area contributed by atoms with E-state index in [0.29, 0.717) is 18.8 Å². The number of thioether (sulfide) groups is 1. The Bertz CT molecular complexity index is 1050. The summed E-state index contributed by atoms with van der Waals surface area (Å²) in [7, 11) is -2.54. The van der Waals surface area contributed by atoms with Gasteiger partial charge in [-0.1, -0.05) is 12.1 Å². The van der Waals surface area contributed by atoms with Crippen LogP contribution in [0.25, 0.3) is 0 Å². The van der Waals surface area contributed by atoms with Gasteiger partial charge >= 0.3 is 5.97 Å². The van der Waals surface area contributed by atoms with E-state index >= 15 is 0 Å². The summed E-state index contributed by atoms with van der Waals surface area (Å²) < 4.78 is 42.9. The van der Waals surface area contributed by atoms with Gasteiger partial charge < -0.3 is 14.2 Å². The van der Waals surface area contributed by atoms with Crippen LogP contribution in [0.5, 0.6) is 5.75 Å². The van der Waals surface area contributed by atoms with Crippen LogP contribution in [0.4, 0.5) is 0 Å². The molecular weight excluding hydrogens is 442 g/mol. The number of carbonyl (C=O) groups excluding carboxylic acids is 2. The second-order valence-corrected chi connectivity index (χ2v) is 9.40. The Labute approximate surface area is 185 Å². The van der Waals surface area contributed by atoms with E-state index < -0.39 is 22.6 Å². The van der Waals surface area contributed by atoms with E-state index in [4.69, 9.17) is 14.2 Å². The van der Waals surface area contributed by atoms with E-state index in [-0.39, 0.29) is 35.1 Å². The molecule has 3 rings (SSSR count). The fourth-order valence-electron chi connectivity index (χ4n) is 3.01. The molecule has 0 amide bonds. The van der Waals surface area contributed by atoms with E-state index in [9.17, 15) is 18.0 Å². The van der Waals surface area contributed by atoms with Gasteiger partial charge in [-0.2, -0.15) is 4.31 Å². The zero-order valence-electron chi connectivity index (χ0n) is 17.2. The molecule has 0 unspecified atom stereocenters. The molecule has 0 aliphatic carbocycles. The average Bonchev–Trinajstić information content (AvgIpc) is 2.82. The Morgan fingerprint density at radius 2 is 1.71 bits per heavy atom. The summed E-state index contributed by atoms with van der Waals surface area (Å²) in [6, 6.07) is 11.0. The minimum Gasteiger partial charge on any atom is -0.495 e. The number of carbonyl (C=O) groups is 2. The van der Waals surface area contributed by atoms with Crippen LogP contribution in [0.1, 0.15) is 20.7 Å². The average molecular weight is 466 g/mol. The second kappa shape index (κ2) is 10.3. The lowest BCUT2D eigenvalue weighted by atomic mass is 10.1. The van der Waals surface area contributed by atoms with E-state index in [0.717, 1.165) is 4.90 Å². The lowest BCUT2D eigenvalue weighted by Gasteiger charge is -2.26. The van der Waals surface area contributed by atoms with Crippen molar-refractivity contribution in [2.45, 2.75) is 9.79 Å². The maximum atomic E-state index is 13.0. The van der Waals surface area contributed by atoms with Crippen LogP contribution in [0.15, 0.2) is 52.3 Å². The molecule has 1 heterocycles. The molecule has 0 radical (unpaired) electrons. The number of rotatable bonds is 8. The van der Waals surface area contributed by atoms with E-state index in [1.807, 2.05) is 18.4 Å². The monoisotopic (exact) mass is 465 g/mol. The number of sulfonamides is 1. The maximum absolute atomic E-state index is 13.0. The highest BCUT2D eigenvalue weighted by molar-refractivity contribution is 7.98. The first-order valence-electron chi connectivity index (χ1n) is 9.47. The normalized spacial score (nSPS) is 14.8. The molecule has 2 aromatic rings. The maximum Gasteiger partial charge on any atom is 0.338 e. The fraction of sp³-hybridized carbons (Fsp3) is 0.333. The van der Waals surface area contributed by atoms with Gasteiger partial charge in [0.1, 0.15) is 10.6 Å². The Morgan fingerprint density at radius 3 is 2.32 bits per heavy atom. The van der Waals surface area contributed by atoms with Crippen molar-refractivity contribution in [3.05, 3.63) is 53.6 Å². The summed E-state index contributed by atoms with van der Waals surface area (Å²) in [6.45, 7) is 0.565. The molecule has 0 spiro atoms. The summed E-state index contributed by atoms with van der Waals surface area (Å²) >= 11 is 1.55. The minimum atomic E-state index is -3.89. The summed E-state index contributed by atoms with van der Waals surface area (Å²) in [4.78, 5) is 25.7.